The van der Waals surface area contributed by atoms with Gasteiger partial charge in [0.1, 0.15) is 5.69 Å². The topological polar surface area (TPSA) is 118 Å². The van der Waals surface area contributed by atoms with Gasteiger partial charge in [0, 0.05) is 81.4 Å². The Morgan fingerprint density at radius 2 is 1.86 bits per heavy atom. The lowest BCUT2D eigenvalue weighted by molar-refractivity contribution is -0.138. The number of nitrogens with zero attached hydrogens (tertiary/aromatic N) is 4. The highest BCUT2D eigenvalue weighted by Crippen LogP contribution is 2.35. The lowest BCUT2D eigenvalue weighted by atomic mass is 10.00. The van der Waals surface area contributed by atoms with E-state index in [2.05, 4.69) is 61.5 Å². The second-order valence-corrected chi connectivity index (χ2v) is 13.3. The van der Waals surface area contributed by atoms with Crippen LogP contribution in [0.1, 0.15) is 70.6 Å². The zero-order valence-corrected chi connectivity index (χ0v) is 29.0. The molecular formula is C38H41F3N8O2. The fourth-order valence-electron chi connectivity index (χ4n) is 6.44. The van der Waals surface area contributed by atoms with Crippen molar-refractivity contribution in [1.82, 2.24) is 30.1 Å². The van der Waals surface area contributed by atoms with Crippen LogP contribution in [0.2, 0.25) is 0 Å². The molecule has 4 aromatic rings. The summed E-state index contributed by atoms with van der Waals surface area (Å²) < 4.78 is 42.4. The van der Waals surface area contributed by atoms with Gasteiger partial charge in [0.15, 0.2) is 0 Å². The van der Waals surface area contributed by atoms with Gasteiger partial charge in [-0.05, 0) is 55.3 Å². The Balaban J connectivity index is 1.15. The molecule has 2 amide bonds. The van der Waals surface area contributed by atoms with Crippen LogP contribution in [0, 0.1) is 11.8 Å². The maximum atomic E-state index is 14.1. The number of nitrogens with one attached hydrogen (secondary N) is 4. The lowest BCUT2D eigenvalue weighted by Crippen LogP contribution is -2.48. The predicted molar refractivity (Wildman–Crippen MR) is 190 cm³/mol. The van der Waals surface area contributed by atoms with Gasteiger partial charge in [-0.2, -0.15) is 13.2 Å². The summed E-state index contributed by atoms with van der Waals surface area (Å²) in [6, 6.07) is 13.3. The van der Waals surface area contributed by atoms with Gasteiger partial charge < -0.3 is 20.9 Å². The number of anilines is 2. The summed E-state index contributed by atoms with van der Waals surface area (Å²) in [6.45, 7) is 10.0. The molecule has 2 aliphatic heterocycles. The first-order valence-electron chi connectivity index (χ1n) is 17.0. The summed E-state index contributed by atoms with van der Waals surface area (Å²) >= 11 is 0. The molecule has 10 nitrogen and oxygen atoms in total. The second kappa shape index (κ2) is 15.0. The fraction of sp³-hybridized carbons (Fsp3) is 0.368. The van der Waals surface area contributed by atoms with Gasteiger partial charge in [-0.15, -0.1) is 0 Å². The number of piperazine rings is 1. The van der Waals surface area contributed by atoms with E-state index < -0.39 is 17.6 Å². The molecule has 4 N–H and O–H groups in total. The van der Waals surface area contributed by atoms with Gasteiger partial charge >= 0.3 is 6.18 Å². The molecule has 0 bridgehead atoms. The van der Waals surface area contributed by atoms with E-state index in [0.29, 0.717) is 65.3 Å². The summed E-state index contributed by atoms with van der Waals surface area (Å²) in [5.74, 6) is 6.15. The van der Waals surface area contributed by atoms with Crippen LogP contribution in [-0.2, 0) is 23.9 Å². The van der Waals surface area contributed by atoms with E-state index in [9.17, 15) is 22.8 Å². The van der Waals surface area contributed by atoms with Crippen molar-refractivity contribution in [2.45, 2.75) is 51.9 Å². The first-order chi connectivity index (χ1) is 24.4. The number of amides is 2. The van der Waals surface area contributed by atoms with Crippen molar-refractivity contribution in [3.8, 4) is 23.2 Å². The SMILES string of the molecule is CNc1ncc(C#Cc2cccc(CC(=O)Nc3ccc(CN4CCN(C(C)C)CC4)c(C(F)(F)F)c3)c2)c(-c2cc3c([nH]2)C(C)CNC3=O)n1. The molecule has 2 aliphatic rings. The van der Waals surface area contributed by atoms with Crippen LogP contribution in [0.5, 0.6) is 0 Å². The monoisotopic (exact) mass is 698 g/mol. The number of hydrogen-bond donors (Lipinski definition) is 4. The number of aromatic amines is 1. The Labute approximate surface area is 295 Å². The van der Waals surface area contributed by atoms with E-state index in [1.807, 2.05) is 11.8 Å². The molecule has 0 saturated carbocycles. The van der Waals surface area contributed by atoms with Crippen LogP contribution < -0.4 is 16.0 Å². The molecule has 51 heavy (non-hydrogen) atoms. The third-order valence-corrected chi connectivity index (χ3v) is 9.29. The number of carbonyl (C=O) groups excluding carboxylic acids is 2. The summed E-state index contributed by atoms with van der Waals surface area (Å²) in [5, 5.41) is 8.46. The van der Waals surface area contributed by atoms with Gasteiger partial charge in [0.05, 0.1) is 28.8 Å². The zero-order chi connectivity index (χ0) is 36.3. The van der Waals surface area contributed by atoms with Crippen LogP contribution in [-0.4, -0.2) is 82.4 Å². The molecule has 6 rings (SSSR count). The van der Waals surface area contributed by atoms with Crippen molar-refractivity contribution in [3.05, 3.63) is 93.8 Å². The van der Waals surface area contributed by atoms with Gasteiger partial charge in [-0.25, -0.2) is 9.97 Å². The van der Waals surface area contributed by atoms with Crippen molar-refractivity contribution >= 4 is 23.5 Å². The number of hydrogen-bond acceptors (Lipinski definition) is 7. The Bertz CT molecular complexity index is 1990. The van der Waals surface area contributed by atoms with Crippen molar-refractivity contribution in [1.29, 1.82) is 0 Å². The molecule has 266 valence electrons. The van der Waals surface area contributed by atoms with E-state index in [-0.39, 0.29) is 36.0 Å². The van der Waals surface area contributed by atoms with Crippen LogP contribution in [0.15, 0.2) is 54.7 Å². The number of rotatable bonds is 8. The van der Waals surface area contributed by atoms with Crippen LogP contribution in [0.3, 0.4) is 0 Å². The number of carbonyl (C=O) groups is 2. The van der Waals surface area contributed by atoms with E-state index >= 15 is 0 Å². The predicted octanol–water partition coefficient (Wildman–Crippen LogP) is 5.49. The highest BCUT2D eigenvalue weighted by atomic mass is 19.4. The quantitative estimate of drug-likeness (QED) is 0.180. The molecule has 4 heterocycles. The number of alkyl halides is 3. The maximum absolute atomic E-state index is 14.1. The summed E-state index contributed by atoms with van der Waals surface area (Å²) in [5.41, 5.74) is 3.92. The van der Waals surface area contributed by atoms with E-state index in [4.69, 9.17) is 0 Å². The largest absolute Gasteiger partial charge is 0.416 e. The Kier molecular flexibility index (Phi) is 10.5. The smallest absolute Gasteiger partial charge is 0.357 e. The van der Waals surface area contributed by atoms with Crippen LogP contribution in [0.25, 0.3) is 11.4 Å². The Morgan fingerprint density at radius 3 is 2.57 bits per heavy atom. The minimum atomic E-state index is -4.56. The number of benzene rings is 2. The van der Waals surface area contributed by atoms with E-state index in [1.165, 1.54) is 12.1 Å². The summed E-state index contributed by atoms with van der Waals surface area (Å²) in [4.78, 5) is 42.1. The van der Waals surface area contributed by atoms with Crippen molar-refractivity contribution in [3.63, 3.8) is 0 Å². The molecule has 1 unspecified atom stereocenters. The minimum Gasteiger partial charge on any atom is -0.357 e. The Morgan fingerprint density at radius 1 is 1.08 bits per heavy atom. The van der Waals surface area contributed by atoms with Crippen LogP contribution >= 0.6 is 0 Å². The average molecular weight is 699 g/mol. The first kappa shape index (κ1) is 35.6. The summed E-state index contributed by atoms with van der Waals surface area (Å²) in [6.07, 6.45) is -3.01. The maximum Gasteiger partial charge on any atom is 0.416 e. The van der Waals surface area contributed by atoms with Crippen molar-refractivity contribution in [2.24, 2.45) is 0 Å². The molecule has 1 fully saturated rings. The highest BCUT2D eigenvalue weighted by Gasteiger charge is 2.34. The van der Waals surface area contributed by atoms with Gasteiger partial charge in [0.2, 0.25) is 11.9 Å². The standard InChI is InChI=1S/C38H41F3N8O2/c1-23(2)49-14-12-48(13-15-49)22-28-10-11-29(18-31(28)38(39,40)41)45-33(50)17-26-7-5-6-25(16-26)8-9-27-21-44-37(42-4)47-35(27)32-19-30-34(46-32)24(3)20-43-36(30)51/h5-7,10-11,16,18-19,21,23-24,46H,12-15,17,20,22H2,1-4H3,(H,43,51)(H,45,50)(H,42,44,47). The second-order valence-electron chi connectivity index (χ2n) is 13.3. The molecule has 2 aromatic heterocycles. The van der Waals surface area contributed by atoms with E-state index in [0.717, 1.165) is 24.8 Å². The number of halogens is 3. The molecular weight excluding hydrogens is 657 g/mol. The van der Waals surface area contributed by atoms with E-state index in [1.54, 1.807) is 43.6 Å². The highest BCUT2D eigenvalue weighted by molar-refractivity contribution is 5.98. The number of H-pyrrole nitrogens is 1. The minimum absolute atomic E-state index is 0.0573. The average Bonchev–Trinajstić information content (AvgIpc) is 3.56. The van der Waals surface area contributed by atoms with Gasteiger partial charge in [0.25, 0.3) is 5.91 Å². The molecule has 13 heteroatoms. The molecule has 0 radical (unpaired) electrons. The molecule has 1 atom stereocenters. The first-order valence-corrected chi connectivity index (χ1v) is 17.0. The van der Waals surface area contributed by atoms with Crippen molar-refractivity contribution < 1.29 is 22.8 Å². The van der Waals surface area contributed by atoms with Gasteiger partial charge in [-0.3, -0.25) is 19.4 Å². The zero-order valence-electron chi connectivity index (χ0n) is 29.0. The lowest BCUT2D eigenvalue weighted by Gasteiger charge is -2.37. The fourth-order valence-corrected chi connectivity index (χ4v) is 6.44. The molecule has 2 aromatic carbocycles. The normalized spacial score (nSPS) is 16.6. The van der Waals surface area contributed by atoms with Crippen molar-refractivity contribution in [2.75, 3.05) is 50.4 Å². The van der Waals surface area contributed by atoms with Crippen LogP contribution in [0.4, 0.5) is 24.8 Å². The number of fused-ring (bicyclic) bond motifs is 1. The Hall–Kier alpha value is -5.19. The molecule has 0 aliphatic carbocycles. The summed E-state index contributed by atoms with van der Waals surface area (Å²) in [7, 11) is 1.71. The molecule has 1 saturated heterocycles. The molecule has 0 spiro atoms. The third-order valence-electron chi connectivity index (χ3n) is 9.29. The third kappa shape index (κ3) is 8.41. The number of aromatic nitrogens is 3. The van der Waals surface area contributed by atoms with Gasteiger partial charge in [-0.1, -0.05) is 37.0 Å².